The minimum absolute atomic E-state index is 0.221. The van der Waals surface area contributed by atoms with Gasteiger partial charge in [0.15, 0.2) is 5.78 Å². The Bertz CT molecular complexity index is 381. The summed E-state index contributed by atoms with van der Waals surface area (Å²) in [6.07, 6.45) is 4.33. The van der Waals surface area contributed by atoms with Gasteiger partial charge in [-0.15, -0.1) is 0 Å². The van der Waals surface area contributed by atoms with Crippen LogP contribution in [0.5, 0.6) is 5.88 Å². The van der Waals surface area contributed by atoms with Crippen molar-refractivity contribution in [3.8, 4) is 5.88 Å². The minimum Gasteiger partial charge on any atom is -0.480 e. The minimum atomic E-state index is 0.221. The molecule has 0 aromatic carbocycles. The molecule has 1 aromatic rings. The van der Waals surface area contributed by atoms with Crippen molar-refractivity contribution in [3.63, 3.8) is 0 Å². The van der Waals surface area contributed by atoms with Gasteiger partial charge in [-0.2, -0.15) is 4.37 Å². The lowest BCUT2D eigenvalue weighted by Gasteiger charge is -2.08. The molecule has 0 saturated heterocycles. The number of ketones is 1. The molecular weight excluding hydrogens is 198 g/mol. The standard InChI is InChI=1S/C10H11NO2S/c1-13-10-6-9(14-11-10)7-3-2-4-8(12)5-7/h5-6H,2-4H2,1H3. The average Bonchev–Trinajstić information content (AvgIpc) is 2.66. The van der Waals surface area contributed by atoms with Crippen molar-refractivity contribution in [1.82, 2.24) is 4.37 Å². The molecule has 4 heteroatoms. The van der Waals surface area contributed by atoms with E-state index in [-0.39, 0.29) is 5.78 Å². The predicted octanol–water partition coefficient (Wildman–Crippen LogP) is 2.29. The van der Waals surface area contributed by atoms with E-state index in [0.717, 1.165) is 23.3 Å². The molecule has 0 amide bonds. The normalized spacial score (nSPS) is 16.6. The van der Waals surface area contributed by atoms with Gasteiger partial charge in [-0.25, -0.2) is 0 Å². The van der Waals surface area contributed by atoms with E-state index < -0.39 is 0 Å². The van der Waals surface area contributed by atoms with Crippen LogP contribution in [0.1, 0.15) is 24.1 Å². The number of nitrogens with zero attached hydrogens (tertiary/aromatic N) is 1. The molecule has 1 heterocycles. The summed E-state index contributed by atoms with van der Waals surface area (Å²) in [7, 11) is 1.60. The van der Waals surface area contributed by atoms with Crippen LogP contribution in [0.15, 0.2) is 12.1 Å². The first kappa shape index (κ1) is 9.40. The summed E-state index contributed by atoms with van der Waals surface area (Å²) in [6, 6.07) is 1.88. The zero-order valence-corrected chi connectivity index (χ0v) is 8.76. The Hall–Kier alpha value is -1.16. The van der Waals surface area contributed by atoms with Crippen molar-refractivity contribution in [1.29, 1.82) is 0 Å². The number of hydrogen-bond donors (Lipinski definition) is 0. The van der Waals surface area contributed by atoms with Crippen molar-refractivity contribution in [2.24, 2.45) is 0 Å². The van der Waals surface area contributed by atoms with Gasteiger partial charge in [-0.05, 0) is 36.0 Å². The number of aromatic nitrogens is 1. The summed E-state index contributed by atoms with van der Waals surface area (Å²) < 4.78 is 9.10. The number of carbonyl (C=O) groups is 1. The summed E-state index contributed by atoms with van der Waals surface area (Å²) in [5.74, 6) is 0.850. The van der Waals surface area contributed by atoms with Crippen LogP contribution in [0, 0.1) is 0 Å². The van der Waals surface area contributed by atoms with Gasteiger partial charge in [0.25, 0.3) is 0 Å². The third-order valence-electron chi connectivity index (χ3n) is 2.22. The van der Waals surface area contributed by atoms with Crippen molar-refractivity contribution >= 4 is 22.9 Å². The molecule has 1 aliphatic carbocycles. The highest BCUT2D eigenvalue weighted by Gasteiger charge is 2.13. The van der Waals surface area contributed by atoms with Gasteiger partial charge in [0.1, 0.15) is 0 Å². The van der Waals surface area contributed by atoms with E-state index in [4.69, 9.17) is 4.74 Å². The smallest absolute Gasteiger partial charge is 0.225 e. The molecule has 0 fully saturated rings. The Labute approximate surface area is 86.6 Å². The maximum atomic E-state index is 11.2. The first-order valence-electron chi connectivity index (χ1n) is 4.54. The lowest BCUT2D eigenvalue weighted by Crippen LogP contribution is -2.00. The second-order valence-corrected chi connectivity index (χ2v) is 4.03. The quantitative estimate of drug-likeness (QED) is 0.750. The van der Waals surface area contributed by atoms with E-state index in [0.29, 0.717) is 12.3 Å². The summed E-state index contributed by atoms with van der Waals surface area (Å²) in [5, 5.41) is 0. The van der Waals surface area contributed by atoms with Crippen LogP contribution < -0.4 is 4.74 Å². The van der Waals surface area contributed by atoms with E-state index in [1.54, 1.807) is 13.2 Å². The molecule has 2 rings (SSSR count). The van der Waals surface area contributed by atoms with Gasteiger partial charge < -0.3 is 4.74 Å². The Balaban J connectivity index is 2.25. The highest BCUT2D eigenvalue weighted by molar-refractivity contribution is 7.07. The first-order chi connectivity index (χ1) is 6.79. The molecule has 0 N–H and O–H groups in total. The van der Waals surface area contributed by atoms with Gasteiger partial charge in [0, 0.05) is 12.5 Å². The fraction of sp³-hybridized carbons (Fsp3) is 0.400. The summed E-state index contributed by atoms with van der Waals surface area (Å²) in [6.45, 7) is 0. The summed E-state index contributed by atoms with van der Waals surface area (Å²) in [5.41, 5.74) is 1.10. The van der Waals surface area contributed by atoms with Crippen LogP contribution in [0.25, 0.3) is 5.57 Å². The summed E-state index contributed by atoms with van der Waals surface area (Å²) in [4.78, 5) is 12.3. The fourth-order valence-electron chi connectivity index (χ4n) is 1.49. The van der Waals surface area contributed by atoms with Gasteiger partial charge in [0.2, 0.25) is 5.88 Å². The third kappa shape index (κ3) is 1.85. The molecule has 0 unspecified atom stereocenters. The molecule has 0 spiro atoms. The van der Waals surface area contributed by atoms with Gasteiger partial charge in [-0.1, -0.05) is 0 Å². The molecule has 0 aliphatic heterocycles. The molecule has 0 atom stereocenters. The molecular formula is C10H11NO2S. The van der Waals surface area contributed by atoms with Crippen molar-refractivity contribution in [2.75, 3.05) is 7.11 Å². The molecule has 0 bridgehead atoms. The maximum Gasteiger partial charge on any atom is 0.225 e. The Morgan fingerprint density at radius 2 is 2.36 bits per heavy atom. The summed E-state index contributed by atoms with van der Waals surface area (Å²) >= 11 is 1.39. The van der Waals surface area contributed by atoms with Crippen LogP contribution in [0.3, 0.4) is 0 Å². The molecule has 1 aromatic heterocycles. The van der Waals surface area contributed by atoms with Gasteiger partial charge in [0.05, 0.1) is 12.0 Å². The van der Waals surface area contributed by atoms with Crippen LogP contribution in [0.4, 0.5) is 0 Å². The lowest BCUT2D eigenvalue weighted by molar-refractivity contribution is -0.114. The second-order valence-electron chi connectivity index (χ2n) is 3.22. The molecule has 1 aliphatic rings. The molecule has 0 radical (unpaired) electrons. The number of methoxy groups -OCH3 is 1. The molecule has 14 heavy (non-hydrogen) atoms. The average molecular weight is 209 g/mol. The van der Waals surface area contributed by atoms with Crippen LogP contribution >= 0.6 is 11.5 Å². The fourth-order valence-corrected chi connectivity index (χ4v) is 2.24. The van der Waals surface area contributed by atoms with E-state index in [1.807, 2.05) is 6.07 Å². The van der Waals surface area contributed by atoms with Gasteiger partial charge in [-0.3, -0.25) is 4.79 Å². The zero-order chi connectivity index (χ0) is 9.97. The number of allylic oxidation sites excluding steroid dienone is 2. The lowest BCUT2D eigenvalue weighted by atomic mass is 9.98. The molecule has 3 nitrogen and oxygen atoms in total. The highest BCUT2D eigenvalue weighted by Crippen LogP contribution is 2.30. The molecule has 74 valence electrons. The first-order valence-corrected chi connectivity index (χ1v) is 5.31. The Kier molecular flexibility index (Phi) is 2.63. The van der Waals surface area contributed by atoms with Crippen LogP contribution in [0.2, 0.25) is 0 Å². The second kappa shape index (κ2) is 3.92. The van der Waals surface area contributed by atoms with Crippen molar-refractivity contribution < 1.29 is 9.53 Å². The zero-order valence-electron chi connectivity index (χ0n) is 7.95. The Morgan fingerprint density at radius 3 is 3.00 bits per heavy atom. The maximum absolute atomic E-state index is 11.2. The topological polar surface area (TPSA) is 39.2 Å². The van der Waals surface area contributed by atoms with Crippen molar-refractivity contribution in [2.45, 2.75) is 19.3 Å². The number of rotatable bonds is 2. The largest absolute Gasteiger partial charge is 0.480 e. The number of carbonyl (C=O) groups excluding carboxylic acids is 1. The van der Waals surface area contributed by atoms with Crippen LogP contribution in [-0.2, 0) is 4.79 Å². The van der Waals surface area contributed by atoms with Crippen LogP contribution in [-0.4, -0.2) is 17.3 Å². The third-order valence-corrected chi connectivity index (χ3v) is 3.07. The number of hydrogen-bond acceptors (Lipinski definition) is 4. The predicted molar refractivity (Wildman–Crippen MR) is 55.5 cm³/mol. The Morgan fingerprint density at radius 1 is 1.50 bits per heavy atom. The monoisotopic (exact) mass is 209 g/mol. The van der Waals surface area contributed by atoms with Crippen molar-refractivity contribution in [3.05, 3.63) is 17.0 Å². The van der Waals surface area contributed by atoms with E-state index in [1.165, 1.54) is 11.5 Å². The van der Waals surface area contributed by atoms with E-state index >= 15 is 0 Å². The van der Waals surface area contributed by atoms with E-state index in [9.17, 15) is 4.79 Å². The number of ether oxygens (including phenoxy) is 1. The van der Waals surface area contributed by atoms with E-state index in [2.05, 4.69) is 4.37 Å². The molecule has 0 saturated carbocycles. The SMILES string of the molecule is COc1cc(C2=CC(=O)CCC2)sn1. The van der Waals surface area contributed by atoms with Gasteiger partial charge >= 0.3 is 0 Å². The highest BCUT2D eigenvalue weighted by atomic mass is 32.1.